The van der Waals surface area contributed by atoms with E-state index < -0.39 is 16.1 Å². The molecule has 2 rings (SSSR count). The molecule has 0 aliphatic carbocycles. The average Bonchev–Trinajstić information content (AvgIpc) is 2.60. The predicted octanol–water partition coefficient (Wildman–Crippen LogP) is 1.29. The van der Waals surface area contributed by atoms with Crippen molar-refractivity contribution in [2.24, 2.45) is 5.92 Å². The number of carbonyl (C=O) groups excluding carboxylic acids is 1. The van der Waals surface area contributed by atoms with Gasteiger partial charge in [0.15, 0.2) is 0 Å². The van der Waals surface area contributed by atoms with Crippen LogP contribution in [0.5, 0.6) is 5.75 Å². The van der Waals surface area contributed by atoms with Crippen molar-refractivity contribution in [2.75, 3.05) is 20.2 Å². The molecule has 0 aromatic heterocycles. The third kappa shape index (κ3) is 6.12. The van der Waals surface area contributed by atoms with Crippen molar-refractivity contribution in [1.29, 1.82) is 0 Å². The average molecular weight is 406 g/mol. The lowest BCUT2D eigenvalue weighted by Gasteiger charge is -2.28. The lowest BCUT2D eigenvalue weighted by Crippen LogP contribution is -2.54. The molecule has 2 unspecified atom stereocenters. The first-order valence-electron chi connectivity index (χ1n) is 8.51. The third-order valence-electron chi connectivity index (χ3n) is 4.24. The number of amides is 1. The Labute approximate surface area is 161 Å². The van der Waals surface area contributed by atoms with Crippen LogP contribution in [0.2, 0.25) is 0 Å². The van der Waals surface area contributed by atoms with Crippen LogP contribution in [0.4, 0.5) is 0 Å². The van der Waals surface area contributed by atoms with Gasteiger partial charge in [-0.3, -0.25) is 4.79 Å². The van der Waals surface area contributed by atoms with Crippen LogP contribution in [-0.2, 0) is 14.8 Å². The minimum Gasteiger partial charge on any atom is -0.497 e. The highest BCUT2D eigenvalue weighted by molar-refractivity contribution is 7.89. The number of halogens is 1. The Balaban J connectivity index is 0.00000338. The van der Waals surface area contributed by atoms with E-state index in [-0.39, 0.29) is 35.2 Å². The van der Waals surface area contributed by atoms with Gasteiger partial charge >= 0.3 is 0 Å². The molecule has 7 nitrogen and oxygen atoms in total. The maximum absolute atomic E-state index is 12.6. The van der Waals surface area contributed by atoms with Crippen LogP contribution in [0, 0.1) is 5.92 Å². The zero-order chi connectivity index (χ0) is 18.4. The maximum atomic E-state index is 12.6. The second kappa shape index (κ2) is 10.1. The van der Waals surface area contributed by atoms with E-state index >= 15 is 0 Å². The second-order valence-corrected chi connectivity index (χ2v) is 8.28. The number of ether oxygens (including phenoxy) is 1. The molecular weight excluding hydrogens is 378 g/mol. The van der Waals surface area contributed by atoms with Crippen LogP contribution in [-0.4, -0.2) is 46.6 Å². The van der Waals surface area contributed by atoms with E-state index in [0.717, 1.165) is 19.4 Å². The van der Waals surface area contributed by atoms with Gasteiger partial charge in [0.1, 0.15) is 11.8 Å². The van der Waals surface area contributed by atoms with Crippen LogP contribution in [0.1, 0.15) is 26.7 Å². The van der Waals surface area contributed by atoms with Gasteiger partial charge in [-0.1, -0.05) is 13.8 Å². The third-order valence-corrected chi connectivity index (χ3v) is 5.70. The number of carbonyl (C=O) groups is 1. The van der Waals surface area contributed by atoms with Crippen molar-refractivity contribution in [3.63, 3.8) is 0 Å². The summed E-state index contributed by atoms with van der Waals surface area (Å²) in [5.41, 5.74) is 0. The molecule has 1 saturated heterocycles. The normalized spacial score (nSPS) is 18.7. The molecule has 1 heterocycles. The molecule has 9 heteroatoms. The zero-order valence-corrected chi connectivity index (χ0v) is 17.0. The number of nitrogens with one attached hydrogen (secondary N) is 3. The summed E-state index contributed by atoms with van der Waals surface area (Å²) >= 11 is 0. The van der Waals surface area contributed by atoms with Gasteiger partial charge in [-0.15, -0.1) is 12.4 Å². The molecule has 1 aromatic carbocycles. The van der Waals surface area contributed by atoms with Crippen LogP contribution in [0.3, 0.4) is 0 Å². The van der Waals surface area contributed by atoms with Crippen LogP contribution in [0.15, 0.2) is 29.2 Å². The first-order valence-corrected chi connectivity index (χ1v) is 9.99. The van der Waals surface area contributed by atoms with Crippen molar-refractivity contribution in [3.05, 3.63) is 24.3 Å². The van der Waals surface area contributed by atoms with Gasteiger partial charge < -0.3 is 15.4 Å². The Bertz CT molecular complexity index is 674. The predicted molar refractivity (Wildman–Crippen MR) is 103 cm³/mol. The standard InChI is InChI=1S/C17H27N3O4S.ClH/c1-12(2)16(17(21)19-13-5-4-10-18-11-13)20-25(22,23)15-8-6-14(24-3)7-9-15;/h6-9,12-13,16,18,20H,4-5,10-11H2,1-3H3,(H,19,21);1H. The van der Waals surface area contributed by atoms with E-state index in [1.54, 1.807) is 12.1 Å². The van der Waals surface area contributed by atoms with Gasteiger partial charge in [0.25, 0.3) is 0 Å². The fraction of sp³-hybridized carbons (Fsp3) is 0.588. The van der Waals surface area contributed by atoms with Crippen molar-refractivity contribution < 1.29 is 17.9 Å². The molecule has 1 amide bonds. The lowest BCUT2D eigenvalue weighted by molar-refractivity contribution is -0.124. The Kier molecular flexibility index (Phi) is 8.82. The van der Waals surface area contributed by atoms with Gasteiger partial charge in [0.2, 0.25) is 15.9 Å². The highest BCUT2D eigenvalue weighted by atomic mass is 35.5. The fourth-order valence-electron chi connectivity index (χ4n) is 2.75. The molecule has 0 bridgehead atoms. The van der Waals surface area contributed by atoms with Crippen molar-refractivity contribution >= 4 is 28.3 Å². The summed E-state index contributed by atoms with van der Waals surface area (Å²) in [6.45, 7) is 5.30. The largest absolute Gasteiger partial charge is 0.497 e. The molecule has 148 valence electrons. The second-order valence-electron chi connectivity index (χ2n) is 6.57. The minimum atomic E-state index is -3.80. The fourth-order valence-corrected chi connectivity index (χ4v) is 4.09. The summed E-state index contributed by atoms with van der Waals surface area (Å²) in [6.07, 6.45) is 1.89. The summed E-state index contributed by atoms with van der Waals surface area (Å²) in [5, 5.41) is 6.17. The Morgan fingerprint density at radius 1 is 1.27 bits per heavy atom. The quantitative estimate of drug-likeness (QED) is 0.635. The molecule has 1 fully saturated rings. The number of rotatable bonds is 7. The molecule has 3 N–H and O–H groups in total. The summed E-state index contributed by atoms with van der Waals surface area (Å²) in [6, 6.07) is 5.28. The van der Waals surface area contributed by atoms with E-state index in [0.29, 0.717) is 12.3 Å². The summed E-state index contributed by atoms with van der Waals surface area (Å²) in [4.78, 5) is 12.7. The van der Waals surface area contributed by atoms with Gasteiger partial charge in [0, 0.05) is 12.6 Å². The van der Waals surface area contributed by atoms with Crippen molar-refractivity contribution in [1.82, 2.24) is 15.4 Å². The van der Waals surface area contributed by atoms with Gasteiger partial charge in [-0.25, -0.2) is 8.42 Å². The highest BCUT2D eigenvalue weighted by Crippen LogP contribution is 2.17. The zero-order valence-electron chi connectivity index (χ0n) is 15.3. The first kappa shape index (κ1) is 22.7. The molecule has 2 atom stereocenters. The minimum absolute atomic E-state index is 0. The van der Waals surface area contributed by atoms with E-state index in [1.807, 2.05) is 13.8 Å². The van der Waals surface area contributed by atoms with E-state index in [9.17, 15) is 13.2 Å². The van der Waals surface area contributed by atoms with Gasteiger partial charge in [-0.2, -0.15) is 4.72 Å². The number of hydrogen-bond acceptors (Lipinski definition) is 5. The smallest absolute Gasteiger partial charge is 0.241 e. The molecule has 1 aliphatic heterocycles. The van der Waals surface area contributed by atoms with E-state index in [4.69, 9.17) is 4.74 Å². The van der Waals surface area contributed by atoms with Crippen molar-refractivity contribution in [2.45, 2.75) is 43.7 Å². The Morgan fingerprint density at radius 3 is 2.42 bits per heavy atom. The number of piperidine rings is 1. The summed E-state index contributed by atoms with van der Waals surface area (Å²) in [7, 11) is -2.28. The number of benzene rings is 1. The number of methoxy groups -OCH3 is 1. The van der Waals surface area contributed by atoms with Crippen LogP contribution < -0.4 is 20.1 Å². The molecule has 0 saturated carbocycles. The SMILES string of the molecule is COc1ccc(S(=O)(=O)NC(C(=O)NC2CCCNC2)C(C)C)cc1.Cl. The maximum Gasteiger partial charge on any atom is 0.241 e. The van der Waals surface area contributed by atoms with Crippen LogP contribution >= 0.6 is 12.4 Å². The summed E-state index contributed by atoms with van der Waals surface area (Å²) < 4.78 is 32.8. The van der Waals surface area contributed by atoms with Crippen LogP contribution in [0.25, 0.3) is 0 Å². The van der Waals surface area contributed by atoms with Crippen molar-refractivity contribution in [3.8, 4) is 5.75 Å². The lowest BCUT2D eigenvalue weighted by atomic mass is 10.0. The molecule has 0 radical (unpaired) electrons. The molecular formula is C17H28ClN3O4S. The Morgan fingerprint density at radius 2 is 1.92 bits per heavy atom. The van der Waals surface area contributed by atoms with Gasteiger partial charge in [0.05, 0.1) is 12.0 Å². The van der Waals surface area contributed by atoms with Gasteiger partial charge in [-0.05, 0) is 49.6 Å². The Hall–Kier alpha value is -1.35. The molecule has 1 aliphatic rings. The summed E-state index contributed by atoms with van der Waals surface area (Å²) in [5.74, 6) is 0.104. The monoisotopic (exact) mass is 405 g/mol. The molecule has 26 heavy (non-hydrogen) atoms. The van der Waals surface area contributed by atoms with E-state index in [1.165, 1.54) is 19.2 Å². The highest BCUT2D eigenvalue weighted by Gasteiger charge is 2.30. The molecule has 1 aromatic rings. The molecule has 0 spiro atoms. The van der Waals surface area contributed by atoms with E-state index in [2.05, 4.69) is 15.4 Å². The topological polar surface area (TPSA) is 96.5 Å². The number of hydrogen-bond donors (Lipinski definition) is 3. The first-order chi connectivity index (χ1) is 11.8. The number of sulfonamides is 1.